The molecule has 0 spiro atoms. The summed E-state index contributed by atoms with van der Waals surface area (Å²) in [5, 5.41) is 11.2. The number of benzene rings is 1. The van der Waals surface area contributed by atoms with Crippen LogP contribution in [0.5, 0.6) is 5.75 Å². The summed E-state index contributed by atoms with van der Waals surface area (Å²) in [5.41, 5.74) is -0.0899. The minimum Gasteiger partial charge on any atom is -0.484 e. The molecule has 0 aliphatic rings. The van der Waals surface area contributed by atoms with Crippen LogP contribution in [-0.2, 0) is 4.74 Å². The van der Waals surface area contributed by atoms with E-state index < -0.39 is 4.92 Å². The Labute approximate surface area is 111 Å². The second-order valence-corrected chi connectivity index (χ2v) is 4.12. The quantitative estimate of drug-likeness (QED) is 0.413. The number of halogens is 1. The van der Waals surface area contributed by atoms with Gasteiger partial charge in [-0.25, -0.2) is 0 Å². The summed E-state index contributed by atoms with van der Waals surface area (Å²) in [5.74, 6) is 0.173. The molecule has 0 radical (unpaired) electrons. The van der Waals surface area contributed by atoms with E-state index >= 15 is 0 Å². The summed E-state index contributed by atoms with van der Waals surface area (Å²) in [6.45, 7) is 3.43. The lowest BCUT2D eigenvalue weighted by Gasteiger charge is -2.07. The molecule has 0 fully saturated rings. The molecule has 0 aliphatic carbocycles. The van der Waals surface area contributed by atoms with Gasteiger partial charge in [0.2, 0.25) is 0 Å². The van der Waals surface area contributed by atoms with Crippen LogP contribution < -0.4 is 4.74 Å². The van der Waals surface area contributed by atoms with Gasteiger partial charge in [0.1, 0.15) is 6.61 Å². The van der Waals surface area contributed by atoms with E-state index in [-0.39, 0.29) is 18.0 Å². The number of hydrogen-bond acceptors (Lipinski definition) is 4. The highest BCUT2D eigenvalue weighted by atomic mass is 35.5. The summed E-state index contributed by atoms with van der Waals surface area (Å²) >= 11 is 5.77. The number of unbranched alkanes of at least 4 members (excludes halogenated alkanes) is 1. The van der Waals surface area contributed by atoms with Crippen LogP contribution in [0.4, 0.5) is 5.69 Å². The molecule has 0 aromatic heterocycles. The smallest absolute Gasteiger partial charge is 0.311 e. The van der Waals surface area contributed by atoms with E-state index in [0.717, 1.165) is 12.8 Å². The molecule has 0 saturated heterocycles. The summed E-state index contributed by atoms with van der Waals surface area (Å²) in [7, 11) is 0. The molecule has 0 heterocycles. The molecule has 100 valence electrons. The first-order valence-corrected chi connectivity index (χ1v) is 6.17. The Balaban J connectivity index is 2.45. The van der Waals surface area contributed by atoms with Gasteiger partial charge in [0.25, 0.3) is 0 Å². The van der Waals surface area contributed by atoms with Gasteiger partial charge in [-0.3, -0.25) is 10.1 Å². The number of hydrogen-bond donors (Lipinski definition) is 0. The van der Waals surface area contributed by atoms with Crippen molar-refractivity contribution in [3.05, 3.63) is 33.3 Å². The molecule has 1 aromatic rings. The van der Waals surface area contributed by atoms with Gasteiger partial charge in [0.15, 0.2) is 5.75 Å². The Morgan fingerprint density at radius 3 is 2.78 bits per heavy atom. The lowest BCUT2D eigenvalue weighted by atomic mass is 10.3. The molecule has 18 heavy (non-hydrogen) atoms. The zero-order chi connectivity index (χ0) is 13.4. The van der Waals surface area contributed by atoms with Crippen molar-refractivity contribution in [2.75, 3.05) is 19.8 Å². The summed E-state index contributed by atoms with van der Waals surface area (Å²) in [6.07, 6.45) is 2.07. The largest absolute Gasteiger partial charge is 0.484 e. The average Bonchev–Trinajstić information content (AvgIpc) is 2.33. The second-order valence-electron chi connectivity index (χ2n) is 3.68. The molecule has 0 aliphatic heterocycles. The van der Waals surface area contributed by atoms with Crippen molar-refractivity contribution < 1.29 is 14.4 Å². The molecule has 0 bridgehead atoms. The Morgan fingerprint density at radius 2 is 2.11 bits per heavy atom. The third-order valence-electron chi connectivity index (χ3n) is 2.25. The van der Waals surface area contributed by atoms with Crippen molar-refractivity contribution in [1.29, 1.82) is 0 Å². The number of nitrogens with zero attached hydrogens (tertiary/aromatic N) is 1. The normalized spacial score (nSPS) is 10.3. The molecule has 5 nitrogen and oxygen atoms in total. The first-order chi connectivity index (χ1) is 8.65. The van der Waals surface area contributed by atoms with Gasteiger partial charge < -0.3 is 9.47 Å². The first-order valence-electron chi connectivity index (χ1n) is 5.79. The number of nitro benzene ring substituents is 1. The molecular formula is C12H16ClNO4. The number of ether oxygens (including phenoxy) is 2. The minimum absolute atomic E-state index is 0.0899. The minimum atomic E-state index is -0.496. The summed E-state index contributed by atoms with van der Waals surface area (Å²) in [4.78, 5) is 10.3. The van der Waals surface area contributed by atoms with E-state index in [2.05, 4.69) is 6.92 Å². The SMILES string of the molecule is CCCCOCCOc1cc(Cl)ccc1[N+](=O)[O-]. The fraction of sp³-hybridized carbons (Fsp3) is 0.500. The first kappa shape index (κ1) is 14.7. The van der Waals surface area contributed by atoms with Crippen LogP contribution in [0.3, 0.4) is 0 Å². The fourth-order valence-corrected chi connectivity index (χ4v) is 1.48. The molecule has 1 aromatic carbocycles. The van der Waals surface area contributed by atoms with Crippen LogP contribution in [0.25, 0.3) is 0 Å². The predicted octanol–water partition coefficient (Wildman–Crippen LogP) is 3.44. The van der Waals surface area contributed by atoms with E-state index in [9.17, 15) is 10.1 Å². The van der Waals surface area contributed by atoms with Crippen molar-refractivity contribution in [2.24, 2.45) is 0 Å². The van der Waals surface area contributed by atoms with Crippen LogP contribution in [-0.4, -0.2) is 24.7 Å². The maximum absolute atomic E-state index is 10.8. The lowest BCUT2D eigenvalue weighted by Crippen LogP contribution is -2.08. The van der Waals surface area contributed by atoms with Gasteiger partial charge in [-0.2, -0.15) is 0 Å². The molecular weight excluding hydrogens is 258 g/mol. The highest BCUT2D eigenvalue weighted by molar-refractivity contribution is 6.30. The topological polar surface area (TPSA) is 61.6 Å². The van der Waals surface area contributed by atoms with Crippen LogP contribution in [0.1, 0.15) is 19.8 Å². The Bertz CT molecular complexity index is 398. The van der Waals surface area contributed by atoms with Crippen LogP contribution in [0.15, 0.2) is 18.2 Å². The Kier molecular flexibility index (Phi) is 6.46. The number of rotatable bonds is 8. The molecule has 0 amide bonds. The van der Waals surface area contributed by atoms with Gasteiger partial charge >= 0.3 is 5.69 Å². The Hall–Kier alpha value is -1.33. The third-order valence-corrected chi connectivity index (χ3v) is 2.48. The third kappa shape index (κ3) is 4.89. The lowest BCUT2D eigenvalue weighted by molar-refractivity contribution is -0.385. The van der Waals surface area contributed by atoms with Crippen LogP contribution in [0, 0.1) is 10.1 Å². The van der Waals surface area contributed by atoms with Gasteiger partial charge in [0, 0.05) is 23.8 Å². The van der Waals surface area contributed by atoms with Crippen molar-refractivity contribution in [3.63, 3.8) is 0 Å². The Morgan fingerprint density at radius 1 is 1.33 bits per heavy atom. The van der Waals surface area contributed by atoms with Gasteiger partial charge in [-0.15, -0.1) is 0 Å². The predicted molar refractivity (Wildman–Crippen MR) is 69.3 cm³/mol. The maximum Gasteiger partial charge on any atom is 0.311 e. The monoisotopic (exact) mass is 273 g/mol. The van der Waals surface area contributed by atoms with Crippen LogP contribution >= 0.6 is 11.6 Å². The highest BCUT2D eigenvalue weighted by Crippen LogP contribution is 2.29. The number of nitro groups is 1. The standard InChI is InChI=1S/C12H16ClNO4/c1-2-3-6-17-7-8-18-12-9-10(13)4-5-11(12)14(15)16/h4-5,9H,2-3,6-8H2,1H3. The summed E-state index contributed by atoms with van der Waals surface area (Å²) < 4.78 is 10.6. The van der Waals surface area contributed by atoms with Crippen molar-refractivity contribution in [1.82, 2.24) is 0 Å². The van der Waals surface area contributed by atoms with E-state index in [0.29, 0.717) is 18.2 Å². The van der Waals surface area contributed by atoms with Crippen molar-refractivity contribution in [3.8, 4) is 5.75 Å². The van der Waals surface area contributed by atoms with E-state index in [1.807, 2.05) is 0 Å². The van der Waals surface area contributed by atoms with Gasteiger partial charge in [0.05, 0.1) is 11.5 Å². The highest BCUT2D eigenvalue weighted by Gasteiger charge is 2.14. The second kappa shape index (κ2) is 7.89. The average molecular weight is 274 g/mol. The molecule has 0 N–H and O–H groups in total. The van der Waals surface area contributed by atoms with Gasteiger partial charge in [-0.05, 0) is 12.5 Å². The van der Waals surface area contributed by atoms with Crippen LogP contribution in [0.2, 0.25) is 5.02 Å². The van der Waals surface area contributed by atoms with E-state index in [1.165, 1.54) is 18.2 Å². The van der Waals surface area contributed by atoms with E-state index in [1.54, 1.807) is 0 Å². The maximum atomic E-state index is 10.8. The molecule has 0 unspecified atom stereocenters. The summed E-state index contributed by atoms with van der Waals surface area (Å²) in [6, 6.07) is 4.23. The van der Waals surface area contributed by atoms with Gasteiger partial charge in [-0.1, -0.05) is 24.9 Å². The molecule has 6 heteroatoms. The van der Waals surface area contributed by atoms with Crippen molar-refractivity contribution in [2.45, 2.75) is 19.8 Å². The molecule has 1 rings (SSSR count). The van der Waals surface area contributed by atoms with Crippen molar-refractivity contribution >= 4 is 17.3 Å². The zero-order valence-corrected chi connectivity index (χ0v) is 11.0. The molecule has 0 saturated carbocycles. The fourth-order valence-electron chi connectivity index (χ4n) is 1.31. The van der Waals surface area contributed by atoms with E-state index in [4.69, 9.17) is 21.1 Å². The molecule has 0 atom stereocenters. The zero-order valence-electron chi connectivity index (χ0n) is 10.2.